The minimum Gasteiger partial charge on any atom is -0.495 e. The standard InChI is InChI=1S/C19H24ClN3O2/c1-12(2)5-7-22-19(24)17-10-14(6-8-21-17)23-16-9-13(3)15(20)11-18(16)25-4/h6,8-12H,5,7H2,1-4H3,(H,21,23)(H,22,24). The van der Waals surface area contributed by atoms with Crippen molar-refractivity contribution >= 4 is 28.9 Å². The smallest absolute Gasteiger partial charge is 0.269 e. The Hall–Kier alpha value is -2.27. The van der Waals surface area contributed by atoms with Gasteiger partial charge in [-0.3, -0.25) is 9.78 Å². The summed E-state index contributed by atoms with van der Waals surface area (Å²) in [6.07, 6.45) is 2.54. The molecule has 6 heteroatoms. The number of amides is 1. The Morgan fingerprint density at radius 2 is 2.08 bits per heavy atom. The van der Waals surface area contributed by atoms with Gasteiger partial charge in [0, 0.05) is 29.5 Å². The van der Waals surface area contributed by atoms with Gasteiger partial charge in [-0.15, -0.1) is 0 Å². The third-order valence-electron chi connectivity index (χ3n) is 3.76. The molecule has 2 rings (SSSR count). The number of halogens is 1. The van der Waals surface area contributed by atoms with Gasteiger partial charge in [-0.2, -0.15) is 0 Å². The van der Waals surface area contributed by atoms with Crippen molar-refractivity contribution in [3.8, 4) is 5.75 Å². The highest BCUT2D eigenvalue weighted by Crippen LogP contribution is 2.33. The minimum atomic E-state index is -0.177. The number of hydrogen-bond donors (Lipinski definition) is 2. The number of carbonyl (C=O) groups is 1. The van der Waals surface area contributed by atoms with Gasteiger partial charge in [0.25, 0.3) is 5.91 Å². The number of carbonyl (C=O) groups excluding carboxylic acids is 1. The van der Waals surface area contributed by atoms with Crippen molar-refractivity contribution in [2.75, 3.05) is 19.0 Å². The van der Waals surface area contributed by atoms with Gasteiger partial charge in [0.15, 0.2) is 0 Å². The summed E-state index contributed by atoms with van der Waals surface area (Å²) in [6, 6.07) is 7.19. The van der Waals surface area contributed by atoms with Crippen LogP contribution in [0.2, 0.25) is 5.02 Å². The molecule has 2 N–H and O–H groups in total. The Labute approximate surface area is 153 Å². The lowest BCUT2D eigenvalue weighted by atomic mass is 10.1. The predicted molar refractivity (Wildman–Crippen MR) is 102 cm³/mol. The third-order valence-corrected chi connectivity index (χ3v) is 4.17. The molecule has 0 radical (unpaired) electrons. The summed E-state index contributed by atoms with van der Waals surface area (Å²) >= 11 is 6.13. The number of hydrogen-bond acceptors (Lipinski definition) is 4. The lowest BCUT2D eigenvalue weighted by Crippen LogP contribution is -2.26. The molecular weight excluding hydrogens is 338 g/mol. The highest BCUT2D eigenvalue weighted by Gasteiger charge is 2.11. The first-order valence-corrected chi connectivity index (χ1v) is 8.64. The summed E-state index contributed by atoms with van der Waals surface area (Å²) in [5.41, 5.74) is 2.84. The average Bonchev–Trinajstić information content (AvgIpc) is 2.57. The van der Waals surface area contributed by atoms with Crippen LogP contribution < -0.4 is 15.4 Å². The molecular formula is C19H24ClN3O2. The van der Waals surface area contributed by atoms with Crippen LogP contribution >= 0.6 is 11.6 Å². The zero-order valence-electron chi connectivity index (χ0n) is 15.0. The van der Waals surface area contributed by atoms with E-state index in [9.17, 15) is 4.79 Å². The maximum atomic E-state index is 12.2. The Morgan fingerprint density at radius 1 is 1.32 bits per heavy atom. The van der Waals surface area contributed by atoms with E-state index in [1.807, 2.05) is 13.0 Å². The molecule has 1 amide bonds. The normalized spacial score (nSPS) is 10.6. The van der Waals surface area contributed by atoms with Crippen molar-refractivity contribution in [3.05, 3.63) is 46.7 Å². The second kappa shape index (κ2) is 8.72. The zero-order chi connectivity index (χ0) is 18.4. The van der Waals surface area contributed by atoms with E-state index >= 15 is 0 Å². The molecule has 5 nitrogen and oxygen atoms in total. The minimum absolute atomic E-state index is 0.177. The number of nitrogens with zero attached hydrogens (tertiary/aromatic N) is 1. The number of benzene rings is 1. The van der Waals surface area contributed by atoms with Gasteiger partial charge in [0.05, 0.1) is 12.8 Å². The summed E-state index contributed by atoms with van der Waals surface area (Å²) < 4.78 is 5.36. The van der Waals surface area contributed by atoms with Gasteiger partial charge in [-0.25, -0.2) is 0 Å². The fraction of sp³-hybridized carbons (Fsp3) is 0.368. The Morgan fingerprint density at radius 3 is 2.76 bits per heavy atom. The highest BCUT2D eigenvalue weighted by molar-refractivity contribution is 6.31. The zero-order valence-corrected chi connectivity index (χ0v) is 15.8. The quantitative estimate of drug-likeness (QED) is 0.758. The molecule has 0 atom stereocenters. The summed E-state index contributed by atoms with van der Waals surface area (Å²) in [6.45, 7) is 6.81. The van der Waals surface area contributed by atoms with E-state index in [0.29, 0.717) is 28.9 Å². The van der Waals surface area contributed by atoms with Crippen LogP contribution in [0.1, 0.15) is 36.3 Å². The Bertz CT molecular complexity index is 747. The van der Waals surface area contributed by atoms with Crippen molar-refractivity contribution in [2.24, 2.45) is 5.92 Å². The van der Waals surface area contributed by atoms with E-state index in [1.54, 1.807) is 31.5 Å². The molecule has 0 bridgehead atoms. The van der Waals surface area contributed by atoms with E-state index in [0.717, 1.165) is 23.4 Å². The molecule has 0 fully saturated rings. The second-order valence-electron chi connectivity index (χ2n) is 6.29. The second-order valence-corrected chi connectivity index (χ2v) is 6.70. The van der Waals surface area contributed by atoms with Crippen LogP contribution in [0.15, 0.2) is 30.5 Å². The molecule has 1 aromatic heterocycles. The number of aryl methyl sites for hydroxylation is 1. The average molecular weight is 362 g/mol. The summed E-state index contributed by atoms with van der Waals surface area (Å²) in [5, 5.41) is 6.79. The molecule has 0 spiro atoms. The fourth-order valence-electron chi connectivity index (χ4n) is 2.28. The van der Waals surface area contributed by atoms with E-state index in [4.69, 9.17) is 16.3 Å². The number of pyridine rings is 1. The maximum Gasteiger partial charge on any atom is 0.269 e. The van der Waals surface area contributed by atoms with Gasteiger partial charge in [0.2, 0.25) is 0 Å². The number of anilines is 2. The summed E-state index contributed by atoms with van der Waals surface area (Å²) in [5.74, 6) is 1.00. The van der Waals surface area contributed by atoms with E-state index in [2.05, 4.69) is 29.5 Å². The van der Waals surface area contributed by atoms with Gasteiger partial charge >= 0.3 is 0 Å². The summed E-state index contributed by atoms with van der Waals surface area (Å²) in [4.78, 5) is 16.4. The molecule has 0 unspecified atom stereocenters. The highest BCUT2D eigenvalue weighted by atomic mass is 35.5. The number of ether oxygens (including phenoxy) is 1. The molecule has 25 heavy (non-hydrogen) atoms. The first-order chi connectivity index (χ1) is 11.9. The maximum absolute atomic E-state index is 12.2. The first-order valence-electron chi connectivity index (χ1n) is 8.26. The Balaban J connectivity index is 2.14. The van der Waals surface area contributed by atoms with Crippen LogP contribution in [-0.4, -0.2) is 24.5 Å². The van der Waals surface area contributed by atoms with Gasteiger partial charge in [-0.1, -0.05) is 25.4 Å². The molecule has 0 saturated carbocycles. The van der Waals surface area contributed by atoms with E-state index in [-0.39, 0.29) is 5.91 Å². The topological polar surface area (TPSA) is 63.2 Å². The van der Waals surface area contributed by atoms with E-state index < -0.39 is 0 Å². The van der Waals surface area contributed by atoms with Crippen LogP contribution in [0.5, 0.6) is 5.75 Å². The molecule has 1 aromatic carbocycles. The first kappa shape index (κ1) is 19.1. The van der Waals surface area contributed by atoms with Crippen LogP contribution in [0.4, 0.5) is 11.4 Å². The van der Waals surface area contributed by atoms with Crippen LogP contribution in [0.3, 0.4) is 0 Å². The Kier molecular flexibility index (Phi) is 6.65. The van der Waals surface area contributed by atoms with Crippen molar-refractivity contribution in [2.45, 2.75) is 27.2 Å². The molecule has 0 aliphatic carbocycles. The lowest BCUT2D eigenvalue weighted by molar-refractivity contribution is 0.0947. The van der Waals surface area contributed by atoms with Crippen molar-refractivity contribution in [1.82, 2.24) is 10.3 Å². The number of methoxy groups -OCH3 is 1. The molecule has 2 aromatic rings. The predicted octanol–water partition coefficient (Wildman–Crippen LogP) is 4.57. The lowest BCUT2D eigenvalue weighted by Gasteiger charge is -2.14. The number of aromatic nitrogens is 1. The van der Waals surface area contributed by atoms with Crippen molar-refractivity contribution < 1.29 is 9.53 Å². The van der Waals surface area contributed by atoms with Crippen LogP contribution in [-0.2, 0) is 0 Å². The monoisotopic (exact) mass is 361 g/mol. The van der Waals surface area contributed by atoms with Gasteiger partial charge in [0.1, 0.15) is 11.4 Å². The van der Waals surface area contributed by atoms with Crippen LogP contribution in [0.25, 0.3) is 0 Å². The van der Waals surface area contributed by atoms with Crippen molar-refractivity contribution in [1.29, 1.82) is 0 Å². The molecule has 0 saturated heterocycles. The van der Waals surface area contributed by atoms with Gasteiger partial charge < -0.3 is 15.4 Å². The molecule has 0 aliphatic rings. The summed E-state index contributed by atoms with van der Waals surface area (Å²) in [7, 11) is 1.59. The number of nitrogens with one attached hydrogen (secondary N) is 2. The molecule has 0 aliphatic heterocycles. The van der Waals surface area contributed by atoms with Crippen molar-refractivity contribution in [3.63, 3.8) is 0 Å². The molecule has 134 valence electrons. The number of rotatable bonds is 7. The largest absolute Gasteiger partial charge is 0.495 e. The third kappa shape index (κ3) is 5.36. The van der Waals surface area contributed by atoms with Gasteiger partial charge in [-0.05, 0) is 43.0 Å². The SMILES string of the molecule is COc1cc(Cl)c(C)cc1Nc1ccnc(C(=O)NCCC(C)C)c1. The van der Waals surface area contributed by atoms with E-state index in [1.165, 1.54) is 0 Å². The van der Waals surface area contributed by atoms with Crippen LogP contribution in [0, 0.1) is 12.8 Å². The fourth-order valence-corrected chi connectivity index (χ4v) is 2.44. The molecule has 1 heterocycles.